The Hall–Kier alpha value is -7.95. The second-order valence-electron chi connectivity index (χ2n) is 15.1. The third kappa shape index (κ3) is 5.42. The van der Waals surface area contributed by atoms with Gasteiger partial charge in [-0.3, -0.25) is 0 Å². The number of aromatic nitrogens is 3. The molecule has 0 aliphatic rings. The first-order chi connectivity index (χ1) is 29.2. The molecule has 274 valence electrons. The minimum atomic E-state index is 0.549. The molecule has 0 aliphatic heterocycles. The van der Waals surface area contributed by atoms with E-state index in [2.05, 4.69) is 182 Å². The fourth-order valence-corrected chi connectivity index (χ4v) is 8.98. The van der Waals surface area contributed by atoms with E-state index < -0.39 is 0 Å². The molecule has 0 radical (unpaired) electrons. The molecular formula is C55H33N3O. The summed E-state index contributed by atoms with van der Waals surface area (Å²) < 4.78 is 6.59. The van der Waals surface area contributed by atoms with Crippen LogP contribution in [0.25, 0.3) is 121 Å². The SMILES string of the molecule is c1cc(-c2nc(-c3c(-c4cccc5ccccc45)ccc4ccccc34)nc(-c3cccc4c3oc3ccccc34)n2)cc(-c2cc3ccccc3c3ccccc23)c1. The Morgan fingerprint density at radius 2 is 0.864 bits per heavy atom. The van der Waals surface area contributed by atoms with Gasteiger partial charge in [0.15, 0.2) is 17.5 Å². The van der Waals surface area contributed by atoms with Crippen molar-refractivity contribution in [1.82, 2.24) is 15.0 Å². The van der Waals surface area contributed by atoms with E-state index in [0.29, 0.717) is 17.5 Å². The van der Waals surface area contributed by atoms with Crippen LogP contribution in [0.4, 0.5) is 0 Å². The van der Waals surface area contributed by atoms with Crippen LogP contribution in [0, 0.1) is 0 Å². The lowest BCUT2D eigenvalue weighted by Crippen LogP contribution is -2.02. The number of fused-ring (bicyclic) bond motifs is 8. The molecule has 4 heteroatoms. The van der Waals surface area contributed by atoms with Gasteiger partial charge >= 0.3 is 0 Å². The molecule has 0 bridgehead atoms. The van der Waals surface area contributed by atoms with Crippen LogP contribution in [0.2, 0.25) is 0 Å². The molecule has 0 saturated carbocycles. The molecule has 12 aromatic rings. The summed E-state index contributed by atoms with van der Waals surface area (Å²) >= 11 is 0. The van der Waals surface area contributed by atoms with Crippen LogP contribution >= 0.6 is 0 Å². The van der Waals surface area contributed by atoms with Crippen LogP contribution in [0.3, 0.4) is 0 Å². The fraction of sp³-hybridized carbons (Fsp3) is 0. The van der Waals surface area contributed by atoms with Crippen molar-refractivity contribution in [2.24, 2.45) is 0 Å². The number of hydrogen-bond donors (Lipinski definition) is 0. The van der Waals surface area contributed by atoms with Crippen molar-refractivity contribution >= 4 is 65.0 Å². The molecule has 0 N–H and O–H groups in total. The van der Waals surface area contributed by atoms with Gasteiger partial charge in [-0.25, -0.2) is 15.0 Å². The van der Waals surface area contributed by atoms with Gasteiger partial charge in [-0.15, -0.1) is 0 Å². The van der Waals surface area contributed by atoms with Gasteiger partial charge in [0.1, 0.15) is 11.2 Å². The smallest absolute Gasteiger partial charge is 0.167 e. The fourth-order valence-electron chi connectivity index (χ4n) is 8.98. The summed E-state index contributed by atoms with van der Waals surface area (Å²) in [5, 5.41) is 11.5. The topological polar surface area (TPSA) is 51.8 Å². The second kappa shape index (κ2) is 13.3. The Balaban J connectivity index is 1.14. The highest BCUT2D eigenvalue weighted by Gasteiger charge is 2.22. The van der Waals surface area contributed by atoms with E-state index in [1.807, 2.05) is 18.2 Å². The molecule has 4 nitrogen and oxygen atoms in total. The maximum Gasteiger partial charge on any atom is 0.167 e. The Bertz CT molecular complexity index is 3630. The van der Waals surface area contributed by atoms with Crippen molar-refractivity contribution in [2.75, 3.05) is 0 Å². The van der Waals surface area contributed by atoms with Gasteiger partial charge in [0, 0.05) is 21.9 Å². The van der Waals surface area contributed by atoms with Crippen molar-refractivity contribution in [3.8, 4) is 56.4 Å². The zero-order chi connectivity index (χ0) is 38.9. The van der Waals surface area contributed by atoms with Crippen LogP contribution in [-0.4, -0.2) is 15.0 Å². The van der Waals surface area contributed by atoms with Crippen molar-refractivity contribution in [1.29, 1.82) is 0 Å². The predicted octanol–water partition coefficient (Wildman–Crippen LogP) is 14.7. The van der Waals surface area contributed by atoms with Crippen molar-refractivity contribution in [2.45, 2.75) is 0 Å². The molecule has 10 aromatic carbocycles. The zero-order valence-corrected chi connectivity index (χ0v) is 31.8. The highest BCUT2D eigenvalue weighted by Crippen LogP contribution is 2.42. The molecule has 0 aliphatic carbocycles. The van der Waals surface area contributed by atoms with Gasteiger partial charge in [0.2, 0.25) is 0 Å². The summed E-state index contributed by atoms with van der Waals surface area (Å²) in [4.78, 5) is 16.2. The van der Waals surface area contributed by atoms with Crippen molar-refractivity contribution in [3.63, 3.8) is 0 Å². The largest absolute Gasteiger partial charge is 0.455 e. The predicted molar refractivity (Wildman–Crippen MR) is 244 cm³/mol. The van der Waals surface area contributed by atoms with E-state index >= 15 is 0 Å². The third-order valence-corrected chi connectivity index (χ3v) is 11.7. The number of furan rings is 1. The monoisotopic (exact) mass is 751 g/mol. The number of para-hydroxylation sites is 2. The van der Waals surface area contributed by atoms with Crippen LogP contribution in [0.15, 0.2) is 205 Å². The van der Waals surface area contributed by atoms with Crippen molar-refractivity contribution < 1.29 is 4.42 Å². The lowest BCUT2D eigenvalue weighted by molar-refractivity contribution is 0.669. The summed E-state index contributed by atoms with van der Waals surface area (Å²) in [5.41, 5.74) is 8.67. The molecule has 59 heavy (non-hydrogen) atoms. The van der Waals surface area contributed by atoms with Gasteiger partial charge in [-0.05, 0) is 89.6 Å². The van der Waals surface area contributed by atoms with Crippen LogP contribution in [0.5, 0.6) is 0 Å². The minimum absolute atomic E-state index is 0.549. The lowest BCUT2D eigenvalue weighted by atomic mass is 9.90. The van der Waals surface area contributed by atoms with E-state index in [-0.39, 0.29) is 0 Å². The van der Waals surface area contributed by atoms with E-state index in [0.717, 1.165) is 71.7 Å². The molecule has 2 aromatic heterocycles. The number of nitrogens with zero attached hydrogens (tertiary/aromatic N) is 3. The Morgan fingerprint density at radius 1 is 0.288 bits per heavy atom. The molecule has 0 fully saturated rings. The minimum Gasteiger partial charge on any atom is -0.455 e. The Morgan fingerprint density at radius 3 is 1.73 bits per heavy atom. The molecule has 0 saturated heterocycles. The van der Waals surface area contributed by atoms with Crippen molar-refractivity contribution in [3.05, 3.63) is 200 Å². The first kappa shape index (κ1) is 33.2. The normalized spacial score (nSPS) is 11.7. The summed E-state index contributed by atoms with van der Waals surface area (Å²) in [6.45, 7) is 0. The quantitative estimate of drug-likeness (QED) is 0.164. The van der Waals surface area contributed by atoms with E-state index in [4.69, 9.17) is 19.4 Å². The number of benzene rings is 10. The zero-order valence-electron chi connectivity index (χ0n) is 31.8. The van der Waals surface area contributed by atoms with Crippen LogP contribution < -0.4 is 0 Å². The van der Waals surface area contributed by atoms with Gasteiger partial charge in [-0.2, -0.15) is 0 Å². The summed E-state index contributed by atoms with van der Waals surface area (Å²) in [7, 11) is 0. The number of hydrogen-bond acceptors (Lipinski definition) is 4. The average molecular weight is 752 g/mol. The van der Waals surface area contributed by atoms with Crippen LogP contribution in [-0.2, 0) is 0 Å². The van der Waals surface area contributed by atoms with Gasteiger partial charge < -0.3 is 4.42 Å². The molecule has 0 amide bonds. The van der Waals surface area contributed by atoms with Gasteiger partial charge in [0.05, 0.1) is 5.56 Å². The van der Waals surface area contributed by atoms with E-state index in [9.17, 15) is 0 Å². The molecular weight excluding hydrogens is 719 g/mol. The number of rotatable bonds is 5. The second-order valence-corrected chi connectivity index (χ2v) is 15.1. The Labute approximate surface area is 339 Å². The maximum atomic E-state index is 6.59. The first-order valence-corrected chi connectivity index (χ1v) is 19.9. The standard InChI is InChI=1S/C55H33N3O/c1-4-20-39-34(14-1)17-12-26-43(39)46-31-30-35-15-2-6-22-41(35)51(46)55-57-53(56-54(58-55)48-28-13-27-47-45-25-9-10-29-50(45)59-52(47)48)38-19-11-18-36(32-38)49-33-37-16-3-5-21-40(37)42-23-7-8-24-44(42)49/h1-33H. The maximum absolute atomic E-state index is 6.59. The summed E-state index contributed by atoms with van der Waals surface area (Å²) in [5.74, 6) is 1.73. The molecule has 0 spiro atoms. The highest BCUT2D eigenvalue weighted by molar-refractivity contribution is 6.14. The summed E-state index contributed by atoms with van der Waals surface area (Å²) in [6, 6.07) is 70.5. The molecule has 2 heterocycles. The third-order valence-electron chi connectivity index (χ3n) is 11.7. The average Bonchev–Trinajstić information content (AvgIpc) is 3.70. The molecule has 0 unspecified atom stereocenters. The Kier molecular flexibility index (Phi) is 7.50. The molecule has 12 rings (SSSR count). The van der Waals surface area contributed by atoms with E-state index in [1.165, 1.54) is 32.3 Å². The molecule has 0 atom stereocenters. The van der Waals surface area contributed by atoms with Gasteiger partial charge in [0.25, 0.3) is 0 Å². The summed E-state index contributed by atoms with van der Waals surface area (Å²) in [6.07, 6.45) is 0. The lowest BCUT2D eigenvalue weighted by Gasteiger charge is -2.16. The van der Waals surface area contributed by atoms with Gasteiger partial charge in [-0.1, -0.05) is 176 Å². The first-order valence-electron chi connectivity index (χ1n) is 19.9. The highest BCUT2D eigenvalue weighted by atomic mass is 16.3. The van der Waals surface area contributed by atoms with E-state index in [1.54, 1.807) is 0 Å². The van der Waals surface area contributed by atoms with Crippen LogP contribution in [0.1, 0.15) is 0 Å².